The summed E-state index contributed by atoms with van der Waals surface area (Å²) in [5.74, 6) is -1.02. The van der Waals surface area contributed by atoms with Crippen molar-refractivity contribution in [3.05, 3.63) is 59.7 Å². The zero-order valence-corrected chi connectivity index (χ0v) is 17.7. The molecular formula is C25H24N2O5. The number of benzene rings is 2. The van der Waals surface area contributed by atoms with Crippen LogP contribution < -0.4 is 10.2 Å². The van der Waals surface area contributed by atoms with Gasteiger partial charge in [-0.15, -0.1) is 0 Å². The summed E-state index contributed by atoms with van der Waals surface area (Å²) in [5, 5.41) is 2.71. The predicted octanol–water partition coefficient (Wildman–Crippen LogP) is 3.33. The van der Waals surface area contributed by atoms with Crippen LogP contribution in [0.15, 0.2) is 48.5 Å². The number of nitrogens with one attached hydrogen (secondary N) is 1. The van der Waals surface area contributed by atoms with E-state index in [2.05, 4.69) is 5.32 Å². The number of ether oxygens (including phenoxy) is 1. The first-order valence-corrected chi connectivity index (χ1v) is 10.9. The standard InChI is InChI=1S/C25H24N2O5/c1-14-4-2-3-5-19(14)26-20(28)13-32-25(31)15-8-10-18(11-9-15)27-23(29)21-16-6-7-17(12-16)22(21)24(27)30/h2-5,8-11,16-17,21-22H,6-7,12-13H2,1H3,(H,26,28)/t16-,17-,21-,22-/m0/s1. The molecule has 0 aromatic heterocycles. The fourth-order valence-electron chi connectivity index (χ4n) is 5.52. The van der Waals surface area contributed by atoms with Crippen LogP contribution in [0.5, 0.6) is 0 Å². The van der Waals surface area contributed by atoms with E-state index in [1.165, 1.54) is 17.0 Å². The van der Waals surface area contributed by atoms with Crippen LogP contribution in [0, 0.1) is 30.6 Å². The minimum Gasteiger partial charge on any atom is -0.452 e. The van der Waals surface area contributed by atoms with E-state index in [1.807, 2.05) is 25.1 Å². The van der Waals surface area contributed by atoms with Crippen molar-refractivity contribution in [2.24, 2.45) is 23.7 Å². The van der Waals surface area contributed by atoms with Gasteiger partial charge in [-0.25, -0.2) is 4.79 Å². The number of esters is 1. The molecule has 0 unspecified atom stereocenters. The molecule has 164 valence electrons. The van der Waals surface area contributed by atoms with Crippen LogP contribution in [0.3, 0.4) is 0 Å². The predicted molar refractivity (Wildman–Crippen MR) is 117 cm³/mol. The molecular weight excluding hydrogens is 408 g/mol. The first-order valence-electron chi connectivity index (χ1n) is 10.9. The van der Waals surface area contributed by atoms with Crippen molar-refractivity contribution in [1.29, 1.82) is 0 Å². The van der Waals surface area contributed by atoms with Gasteiger partial charge in [0, 0.05) is 5.69 Å². The summed E-state index contributed by atoms with van der Waals surface area (Å²) in [4.78, 5) is 51.6. The van der Waals surface area contributed by atoms with Crippen molar-refractivity contribution < 1.29 is 23.9 Å². The number of para-hydroxylation sites is 1. The molecule has 2 aliphatic carbocycles. The normalized spacial score (nSPS) is 25.7. The molecule has 2 aromatic carbocycles. The van der Waals surface area contributed by atoms with Gasteiger partial charge in [0.2, 0.25) is 11.8 Å². The summed E-state index contributed by atoms with van der Waals surface area (Å²) < 4.78 is 5.11. The van der Waals surface area contributed by atoms with Crippen molar-refractivity contribution in [3.8, 4) is 0 Å². The number of carbonyl (C=O) groups excluding carboxylic acids is 4. The van der Waals surface area contributed by atoms with Crippen molar-refractivity contribution >= 4 is 35.1 Å². The summed E-state index contributed by atoms with van der Waals surface area (Å²) in [5.41, 5.74) is 2.29. The minimum absolute atomic E-state index is 0.115. The Morgan fingerprint density at radius 3 is 2.22 bits per heavy atom. The van der Waals surface area contributed by atoms with E-state index in [0.29, 0.717) is 23.2 Å². The molecule has 2 aromatic rings. The fourth-order valence-corrected chi connectivity index (χ4v) is 5.52. The summed E-state index contributed by atoms with van der Waals surface area (Å²) in [6, 6.07) is 13.5. The van der Waals surface area contributed by atoms with E-state index in [4.69, 9.17) is 4.74 Å². The highest BCUT2D eigenvalue weighted by atomic mass is 16.5. The molecule has 1 aliphatic heterocycles. The Hall–Kier alpha value is -3.48. The van der Waals surface area contributed by atoms with Crippen LogP contribution in [-0.2, 0) is 19.1 Å². The van der Waals surface area contributed by atoms with Crippen LogP contribution in [0.4, 0.5) is 11.4 Å². The largest absolute Gasteiger partial charge is 0.452 e. The second kappa shape index (κ2) is 7.89. The molecule has 2 saturated carbocycles. The smallest absolute Gasteiger partial charge is 0.338 e. The lowest BCUT2D eigenvalue weighted by atomic mass is 9.81. The molecule has 1 heterocycles. The summed E-state index contributed by atoms with van der Waals surface area (Å²) in [6.45, 7) is 1.46. The number of nitrogens with zero attached hydrogens (tertiary/aromatic N) is 1. The Kier molecular flexibility index (Phi) is 5.04. The van der Waals surface area contributed by atoms with Gasteiger partial charge < -0.3 is 10.1 Å². The van der Waals surface area contributed by atoms with Gasteiger partial charge in [0.25, 0.3) is 5.91 Å². The SMILES string of the molecule is Cc1ccccc1NC(=O)COC(=O)c1ccc(N2C(=O)[C@H]3[C@H]4CC[C@@H](C4)[C@@H]3C2=O)cc1. The van der Waals surface area contributed by atoms with E-state index in [1.54, 1.807) is 18.2 Å². The Balaban J connectivity index is 1.21. The van der Waals surface area contributed by atoms with Gasteiger partial charge in [-0.2, -0.15) is 0 Å². The number of hydrogen-bond acceptors (Lipinski definition) is 5. The van der Waals surface area contributed by atoms with Gasteiger partial charge in [-0.1, -0.05) is 18.2 Å². The number of anilines is 2. The number of fused-ring (bicyclic) bond motifs is 5. The molecule has 7 nitrogen and oxygen atoms in total. The molecule has 7 heteroatoms. The van der Waals surface area contributed by atoms with E-state index in [0.717, 1.165) is 24.8 Å². The molecule has 2 bridgehead atoms. The van der Waals surface area contributed by atoms with Crippen LogP contribution in [0.1, 0.15) is 35.2 Å². The Morgan fingerprint density at radius 2 is 1.59 bits per heavy atom. The monoisotopic (exact) mass is 432 g/mol. The van der Waals surface area contributed by atoms with Crippen LogP contribution >= 0.6 is 0 Å². The van der Waals surface area contributed by atoms with Gasteiger partial charge in [-0.05, 0) is 73.9 Å². The van der Waals surface area contributed by atoms with Gasteiger partial charge >= 0.3 is 5.97 Å². The first-order chi connectivity index (χ1) is 15.4. The quantitative estimate of drug-likeness (QED) is 0.578. The molecule has 3 fully saturated rings. The summed E-state index contributed by atoms with van der Waals surface area (Å²) >= 11 is 0. The van der Waals surface area contributed by atoms with E-state index in [-0.39, 0.29) is 29.2 Å². The molecule has 5 rings (SSSR count). The molecule has 1 N–H and O–H groups in total. The highest BCUT2D eigenvalue weighted by Crippen LogP contribution is 2.56. The first kappa shape index (κ1) is 20.4. The summed E-state index contributed by atoms with van der Waals surface area (Å²) in [6.07, 6.45) is 3.05. The number of hydrogen-bond donors (Lipinski definition) is 1. The third-order valence-electron chi connectivity index (χ3n) is 7.04. The van der Waals surface area contributed by atoms with Crippen molar-refractivity contribution in [2.75, 3.05) is 16.8 Å². The van der Waals surface area contributed by atoms with Crippen LogP contribution in [0.2, 0.25) is 0 Å². The van der Waals surface area contributed by atoms with Crippen molar-refractivity contribution in [3.63, 3.8) is 0 Å². The maximum absolute atomic E-state index is 12.9. The lowest BCUT2D eigenvalue weighted by molar-refractivity contribution is -0.123. The number of aryl methyl sites for hydroxylation is 1. The molecule has 3 aliphatic rings. The highest BCUT2D eigenvalue weighted by Gasteiger charge is 2.61. The molecule has 0 radical (unpaired) electrons. The second-order valence-electron chi connectivity index (χ2n) is 8.88. The van der Waals surface area contributed by atoms with Gasteiger partial charge in [0.05, 0.1) is 23.1 Å². The summed E-state index contributed by atoms with van der Waals surface area (Å²) in [7, 11) is 0. The van der Waals surface area contributed by atoms with E-state index < -0.39 is 18.5 Å². The van der Waals surface area contributed by atoms with Crippen LogP contribution in [-0.4, -0.2) is 30.3 Å². The molecule has 4 atom stereocenters. The number of carbonyl (C=O) groups is 4. The number of amides is 3. The number of imide groups is 1. The maximum Gasteiger partial charge on any atom is 0.338 e. The van der Waals surface area contributed by atoms with Gasteiger partial charge in [-0.3, -0.25) is 19.3 Å². The fraction of sp³-hybridized carbons (Fsp3) is 0.360. The third-order valence-corrected chi connectivity index (χ3v) is 7.04. The molecule has 3 amide bonds. The Labute approximate surface area is 185 Å². The minimum atomic E-state index is -0.648. The zero-order valence-electron chi connectivity index (χ0n) is 17.7. The zero-order chi connectivity index (χ0) is 22.4. The van der Waals surface area contributed by atoms with E-state index >= 15 is 0 Å². The van der Waals surface area contributed by atoms with Crippen molar-refractivity contribution in [2.45, 2.75) is 26.2 Å². The Bertz CT molecular complexity index is 1080. The average molecular weight is 432 g/mol. The molecule has 1 saturated heterocycles. The number of rotatable bonds is 5. The lowest BCUT2D eigenvalue weighted by Gasteiger charge is -2.19. The lowest BCUT2D eigenvalue weighted by Crippen LogP contribution is -2.32. The average Bonchev–Trinajstić information content (AvgIpc) is 3.47. The highest BCUT2D eigenvalue weighted by molar-refractivity contribution is 6.22. The van der Waals surface area contributed by atoms with Gasteiger partial charge in [0.15, 0.2) is 6.61 Å². The third kappa shape index (κ3) is 3.38. The molecule has 0 spiro atoms. The van der Waals surface area contributed by atoms with Crippen molar-refractivity contribution in [1.82, 2.24) is 0 Å². The van der Waals surface area contributed by atoms with E-state index in [9.17, 15) is 19.2 Å². The Morgan fingerprint density at radius 1 is 0.969 bits per heavy atom. The topological polar surface area (TPSA) is 92.8 Å². The molecule has 32 heavy (non-hydrogen) atoms. The maximum atomic E-state index is 12.9. The van der Waals surface area contributed by atoms with Crippen LogP contribution in [0.25, 0.3) is 0 Å². The second-order valence-corrected chi connectivity index (χ2v) is 8.88. The van der Waals surface area contributed by atoms with Gasteiger partial charge in [0.1, 0.15) is 0 Å².